The molecule has 0 atom stereocenters. The van der Waals surface area contributed by atoms with E-state index >= 15 is 0 Å². The zero-order chi connectivity index (χ0) is 11.5. The van der Waals surface area contributed by atoms with Crippen molar-refractivity contribution in [2.24, 2.45) is 5.73 Å². The molecule has 1 heterocycles. The molecule has 2 rings (SSSR count). The number of amides is 1. The number of hydrogen-bond acceptors (Lipinski definition) is 4. The van der Waals surface area contributed by atoms with Crippen LogP contribution in [0.4, 0.5) is 0 Å². The van der Waals surface area contributed by atoms with Crippen LogP contribution in [0.2, 0.25) is 0 Å². The third-order valence-corrected chi connectivity index (χ3v) is 2.71. The van der Waals surface area contributed by atoms with Gasteiger partial charge in [-0.1, -0.05) is 0 Å². The lowest BCUT2D eigenvalue weighted by atomic mass is 10.4. The fraction of sp³-hybridized carbons (Fsp3) is 0.700. The largest absolute Gasteiger partial charge is 0.338 e. The topological polar surface area (TPSA) is 77.0 Å². The summed E-state index contributed by atoms with van der Waals surface area (Å²) in [4.78, 5) is 17.8. The lowest BCUT2D eigenvalue weighted by Gasteiger charge is -2.19. The fourth-order valence-electron chi connectivity index (χ4n) is 1.76. The lowest BCUT2D eigenvalue weighted by molar-refractivity contribution is -0.132. The van der Waals surface area contributed by atoms with Gasteiger partial charge in [0, 0.05) is 12.6 Å². The number of likely N-dealkylation sites (N-methyl/N-ethyl adjacent to an activating group) is 1. The summed E-state index contributed by atoms with van der Waals surface area (Å²) in [6.45, 7) is 3.34. The van der Waals surface area contributed by atoms with Crippen LogP contribution in [-0.2, 0) is 17.9 Å². The summed E-state index contributed by atoms with van der Waals surface area (Å²) in [5.74, 6) is 0.681. The van der Waals surface area contributed by atoms with E-state index in [1.165, 1.54) is 0 Å². The Morgan fingerprint density at radius 1 is 1.69 bits per heavy atom. The Labute approximate surface area is 94.4 Å². The molecule has 1 amide bonds. The first-order valence-electron chi connectivity index (χ1n) is 5.62. The number of nitrogens with zero attached hydrogens (tertiary/aromatic N) is 4. The number of carbonyl (C=O) groups excluding carboxylic acids is 1. The van der Waals surface area contributed by atoms with Gasteiger partial charge in [-0.05, 0) is 19.8 Å². The maximum atomic E-state index is 11.9. The Hall–Kier alpha value is -1.43. The number of rotatable bonds is 5. The van der Waals surface area contributed by atoms with Gasteiger partial charge in [0.05, 0.1) is 6.54 Å². The van der Waals surface area contributed by atoms with Gasteiger partial charge in [0.25, 0.3) is 0 Å². The summed E-state index contributed by atoms with van der Waals surface area (Å²) < 4.78 is 1.55. The molecule has 16 heavy (non-hydrogen) atoms. The Bertz CT molecular complexity index is 371. The van der Waals surface area contributed by atoms with Crippen molar-refractivity contribution in [2.75, 3.05) is 6.54 Å². The molecule has 1 aliphatic rings. The Balaban J connectivity index is 1.94. The van der Waals surface area contributed by atoms with E-state index in [0.29, 0.717) is 18.4 Å². The second-order valence-corrected chi connectivity index (χ2v) is 3.97. The van der Waals surface area contributed by atoms with Crippen molar-refractivity contribution in [3.8, 4) is 0 Å². The van der Waals surface area contributed by atoms with Crippen LogP contribution in [-0.4, -0.2) is 38.2 Å². The van der Waals surface area contributed by atoms with Crippen molar-refractivity contribution < 1.29 is 4.79 Å². The van der Waals surface area contributed by atoms with Crippen LogP contribution in [0, 0.1) is 0 Å². The zero-order valence-electron chi connectivity index (χ0n) is 9.46. The minimum Gasteiger partial charge on any atom is -0.338 e. The van der Waals surface area contributed by atoms with Gasteiger partial charge in [-0.25, -0.2) is 9.67 Å². The second kappa shape index (κ2) is 4.61. The van der Waals surface area contributed by atoms with Gasteiger partial charge in [-0.2, -0.15) is 5.10 Å². The number of nitrogens with two attached hydrogens (primary N) is 1. The fourth-order valence-corrected chi connectivity index (χ4v) is 1.76. The molecular weight excluding hydrogens is 206 g/mol. The number of carbonyl (C=O) groups is 1. The first-order chi connectivity index (χ1) is 7.74. The maximum absolute atomic E-state index is 11.9. The molecule has 2 N–H and O–H groups in total. The summed E-state index contributed by atoms with van der Waals surface area (Å²) in [6, 6.07) is 0.454. The van der Waals surface area contributed by atoms with E-state index in [2.05, 4.69) is 10.1 Å². The van der Waals surface area contributed by atoms with Gasteiger partial charge in [0.2, 0.25) is 5.91 Å². The third kappa shape index (κ3) is 2.38. The molecule has 6 nitrogen and oxygen atoms in total. The van der Waals surface area contributed by atoms with Crippen molar-refractivity contribution in [1.29, 1.82) is 0 Å². The van der Waals surface area contributed by atoms with Crippen LogP contribution in [0.5, 0.6) is 0 Å². The lowest BCUT2D eigenvalue weighted by Crippen LogP contribution is -2.35. The molecule has 0 spiro atoms. The molecule has 0 aliphatic heterocycles. The summed E-state index contributed by atoms with van der Waals surface area (Å²) in [7, 11) is 0. The SMILES string of the molecule is CCN(C(=O)Cn1cnc(CN)n1)C1CC1. The summed E-state index contributed by atoms with van der Waals surface area (Å²) in [6.07, 6.45) is 3.82. The highest BCUT2D eigenvalue weighted by Crippen LogP contribution is 2.26. The van der Waals surface area contributed by atoms with Crippen LogP contribution in [0.25, 0.3) is 0 Å². The molecule has 1 saturated carbocycles. The molecule has 1 aromatic rings. The van der Waals surface area contributed by atoms with E-state index in [-0.39, 0.29) is 12.5 Å². The van der Waals surface area contributed by atoms with E-state index in [0.717, 1.165) is 19.4 Å². The smallest absolute Gasteiger partial charge is 0.244 e. The van der Waals surface area contributed by atoms with E-state index in [4.69, 9.17) is 5.73 Å². The zero-order valence-corrected chi connectivity index (χ0v) is 9.46. The maximum Gasteiger partial charge on any atom is 0.244 e. The van der Waals surface area contributed by atoms with Gasteiger partial charge in [0.15, 0.2) is 5.82 Å². The molecule has 1 fully saturated rings. The van der Waals surface area contributed by atoms with Crippen molar-refractivity contribution in [2.45, 2.75) is 38.9 Å². The van der Waals surface area contributed by atoms with Gasteiger partial charge < -0.3 is 10.6 Å². The molecular formula is C10H17N5O. The molecule has 1 aliphatic carbocycles. The standard InChI is InChI=1S/C10H17N5O/c1-2-15(8-3-4-8)10(16)6-14-7-12-9(5-11)13-14/h7-8H,2-6,11H2,1H3. The normalized spacial score (nSPS) is 15.1. The van der Waals surface area contributed by atoms with E-state index in [1.54, 1.807) is 11.0 Å². The monoisotopic (exact) mass is 223 g/mol. The second-order valence-electron chi connectivity index (χ2n) is 3.97. The van der Waals surface area contributed by atoms with Crippen LogP contribution in [0.15, 0.2) is 6.33 Å². The molecule has 0 saturated heterocycles. The van der Waals surface area contributed by atoms with Crippen molar-refractivity contribution in [3.05, 3.63) is 12.2 Å². The predicted octanol–water partition coefficient (Wildman–Crippen LogP) is -0.252. The highest BCUT2D eigenvalue weighted by Gasteiger charge is 2.31. The summed E-state index contributed by atoms with van der Waals surface area (Å²) in [5.41, 5.74) is 5.40. The average molecular weight is 223 g/mol. The van der Waals surface area contributed by atoms with Crippen LogP contribution < -0.4 is 5.73 Å². The van der Waals surface area contributed by atoms with Gasteiger partial charge in [-0.3, -0.25) is 4.79 Å². The Kier molecular flexibility index (Phi) is 3.19. The van der Waals surface area contributed by atoms with Crippen molar-refractivity contribution in [3.63, 3.8) is 0 Å². The Morgan fingerprint density at radius 2 is 2.44 bits per heavy atom. The molecule has 0 radical (unpaired) electrons. The Morgan fingerprint density at radius 3 is 2.94 bits per heavy atom. The molecule has 88 valence electrons. The van der Waals surface area contributed by atoms with Crippen LogP contribution in [0.1, 0.15) is 25.6 Å². The number of hydrogen-bond donors (Lipinski definition) is 1. The predicted molar refractivity (Wildman–Crippen MR) is 58.3 cm³/mol. The minimum atomic E-state index is 0.110. The summed E-state index contributed by atoms with van der Waals surface area (Å²) >= 11 is 0. The van der Waals surface area contributed by atoms with Gasteiger partial charge >= 0.3 is 0 Å². The van der Waals surface area contributed by atoms with E-state index < -0.39 is 0 Å². The first-order valence-corrected chi connectivity index (χ1v) is 5.62. The van der Waals surface area contributed by atoms with Crippen molar-refractivity contribution in [1.82, 2.24) is 19.7 Å². The minimum absolute atomic E-state index is 0.110. The quantitative estimate of drug-likeness (QED) is 0.746. The van der Waals surface area contributed by atoms with Gasteiger partial charge in [0.1, 0.15) is 12.9 Å². The number of aromatic nitrogens is 3. The highest BCUT2D eigenvalue weighted by atomic mass is 16.2. The summed E-state index contributed by atoms with van der Waals surface area (Å²) in [5, 5.41) is 4.10. The van der Waals surface area contributed by atoms with Gasteiger partial charge in [-0.15, -0.1) is 0 Å². The first kappa shape index (κ1) is 11.1. The molecule has 6 heteroatoms. The van der Waals surface area contributed by atoms with E-state index in [9.17, 15) is 4.79 Å². The molecule has 0 bridgehead atoms. The molecule has 0 aromatic carbocycles. The van der Waals surface area contributed by atoms with Crippen LogP contribution >= 0.6 is 0 Å². The average Bonchev–Trinajstić information content (AvgIpc) is 2.99. The van der Waals surface area contributed by atoms with Crippen LogP contribution in [0.3, 0.4) is 0 Å². The molecule has 0 unspecified atom stereocenters. The highest BCUT2D eigenvalue weighted by molar-refractivity contribution is 5.76. The third-order valence-electron chi connectivity index (χ3n) is 2.71. The molecule has 1 aromatic heterocycles. The van der Waals surface area contributed by atoms with E-state index in [1.807, 2.05) is 11.8 Å². The van der Waals surface area contributed by atoms with Crippen molar-refractivity contribution >= 4 is 5.91 Å².